The first-order valence-corrected chi connectivity index (χ1v) is 8.73. The molecule has 1 unspecified atom stereocenters. The molecule has 1 saturated heterocycles. The van der Waals surface area contributed by atoms with Crippen LogP contribution in [0, 0.1) is 0 Å². The highest BCUT2D eigenvalue weighted by Gasteiger charge is 2.38. The molecule has 1 aromatic heterocycles. The second-order valence-corrected chi connectivity index (χ2v) is 7.73. The van der Waals surface area contributed by atoms with Crippen molar-refractivity contribution in [2.45, 2.75) is 30.2 Å². The lowest BCUT2D eigenvalue weighted by atomic mass is 10.1. The number of aromatic nitrogens is 1. The van der Waals surface area contributed by atoms with Crippen molar-refractivity contribution in [3.05, 3.63) is 18.0 Å². The molecule has 1 N–H and O–H groups in total. The van der Waals surface area contributed by atoms with Crippen LogP contribution in [0.3, 0.4) is 0 Å². The maximum atomic E-state index is 12.8. The molecule has 2 heterocycles. The van der Waals surface area contributed by atoms with Crippen molar-refractivity contribution in [3.8, 4) is 0 Å². The van der Waals surface area contributed by atoms with Crippen LogP contribution in [0.2, 0.25) is 0 Å². The summed E-state index contributed by atoms with van der Waals surface area (Å²) in [5, 5.41) is 9.27. The molecule has 1 aliphatic heterocycles. The van der Waals surface area contributed by atoms with Gasteiger partial charge in [0, 0.05) is 33.9 Å². The maximum absolute atomic E-state index is 12.8. The number of amides is 1. The van der Waals surface area contributed by atoms with Crippen LogP contribution in [0.4, 0.5) is 0 Å². The van der Waals surface area contributed by atoms with Gasteiger partial charge in [0.1, 0.15) is 16.6 Å². The Labute approximate surface area is 135 Å². The minimum atomic E-state index is -3.96. The van der Waals surface area contributed by atoms with Crippen molar-refractivity contribution in [1.82, 2.24) is 13.8 Å². The Kier molecular flexibility index (Phi) is 4.81. The van der Waals surface area contributed by atoms with Gasteiger partial charge in [-0.3, -0.25) is 9.59 Å². The lowest BCUT2D eigenvalue weighted by Crippen LogP contribution is -2.47. The van der Waals surface area contributed by atoms with E-state index in [0.717, 1.165) is 4.31 Å². The molecule has 0 saturated carbocycles. The third-order valence-electron chi connectivity index (χ3n) is 3.95. The Morgan fingerprint density at radius 2 is 1.96 bits per heavy atom. The zero-order chi connectivity index (χ0) is 17.4. The number of rotatable bonds is 4. The van der Waals surface area contributed by atoms with Gasteiger partial charge in [-0.25, -0.2) is 8.42 Å². The second-order valence-electron chi connectivity index (χ2n) is 5.84. The summed E-state index contributed by atoms with van der Waals surface area (Å²) in [6, 6.07) is 0.243. The van der Waals surface area contributed by atoms with Crippen LogP contribution in [0.15, 0.2) is 17.2 Å². The van der Waals surface area contributed by atoms with Gasteiger partial charge < -0.3 is 14.6 Å². The fourth-order valence-electron chi connectivity index (χ4n) is 2.69. The molecule has 0 spiro atoms. The predicted octanol–water partition coefficient (Wildman–Crippen LogP) is 0.355. The van der Waals surface area contributed by atoms with Gasteiger partial charge in [-0.15, -0.1) is 0 Å². The average Bonchev–Trinajstić information content (AvgIpc) is 2.88. The first-order valence-electron chi connectivity index (χ1n) is 7.29. The fourth-order valence-corrected chi connectivity index (χ4v) is 4.41. The van der Waals surface area contributed by atoms with Crippen molar-refractivity contribution in [2.75, 3.05) is 20.6 Å². The van der Waals surface area contributed by atoms with Gasteiger partial charge in [0.25, 0.3) is 5.91 Å². The third kappa shape index (κ3) is 3.25. The first-order chi connectivity index (χ1) is 10.7. The molecule has 0 bridgehead atoms. The Morgan fingerprint density at radius 3 is 2.52 bits per heavy atom. The van der Waals surface area contributed by atoms with Crippen LogP contribution in [0.25, 0.3) is 0 Å². The van der Waals surface area contributed by atoms with E-state index in [2.05, 4.69) is 0 Å². The summed E-state index contributed by atoms with van der Waals surface area (Å²) in [4.78, 5) is 24.7. The standard InChI is InChI=1S/C14H21N3O5S/c1-15(2)13(18)12-8-10(9-16(12)3)23(21,22)17-7-5-4-6-11(17)14(19)20/h8-9,11H,4-7H2,1-3H3,(H,19,20). The topological polar surface area (TPSA) is 99.9 Å². The molecule has 0 radical (unpaired) electrons. The van der Waals surface area contributed by atoms with Gasteiger partial charge in [-0.1, -0.05) is 0 Å². The highest BCUT2D eigenvalue weighted by molar-refractivity contribution is 7.89. The van der Waals surface area contributed by atoms with Gasteiger partial charge in [0.15, 0.2) is 0 Å². The summed E-state index contributed by atoms with van der Waals surface area (Å²) >= 11 is 0. The minimum Gasteiger partial charge on any atom is -0.480 e. The largest absolute Gasteiger partial charge is 0.480 e. The Bertz CT molecular complexity index is 723. The molecule has 1 amide bonds. The van der Waals surface area contributed by atoms with E-state index in [4.69, 9.17) is 0 Å². The third-order valence-corrected chi connectivity index (χ3v) is 5.82. The van der Waals surface area contributed by atoms with E-state index in [0.29, 0.717) is 19.3 Å². The SMILES string of the molecule is CN(C)C(=O)c1cc(S(=O)(=O)N2CCCCC2C(=O)O)cn1C. The van der Waals surface area contributed by atoms with E-state index in [1.165, 1.54) is 21.7 Å². The number of carbonyl (C=O) groups excluding carboxylic acids is 1. The fraction of sp³-hybridized carbons (Fsp3) is 0.571. The number of carbonyl (C=O) groups is 2. The van der Waals surface area contributed by atoms with Gasteiger partial charge >= 0.3 is 5.97 Å². The number of aliphatic carboxylic acids is 1. The highest BCUT2D eigenvalue weighted by Crippen LogP contribution is 2.26. The molecular formula is C14H21N3O5S. The summed E-state index contributed by atoms with van der Waals surface area (Å²) in [7, 11) is 0.784. The van der Waals surface area contributed by atoms with Crippen LogP contribution in [0.1, 0.15) is 29.8 Å². The summed E-state index contributed by atoms with van der Waals surface area (Å²) in [6.07, 6.45) is 2.95. The summed E-state index contributed by atoms with van der Waals surface area (Å²) in [5.74, 6) is -1.46. The second kappa shape index (κ2) is 6.32. The number of carboxylic acids is 1. The van der Waals surface area contributed by atoms with Crippen LogP contribution in [-0.4, -0.2) is 65.9 Å². The first kappa shape index (κ1) is 17.5. The summed E-state index contributed by atoms with van der Waals surface area (Å²) in [6.45, 7) is 0.172. The quantitative estimate of drug-likeness (QED) is 0.850. The molecule has 1 atom stereocenters. The molecule has 0 aliphatic carbocycles. The number of aryl methyl sites for hydroxylation is 1. The van der Waals surface area contributed by atoms with Crippen LogP contribution < -0.4 is 0 Å². The van der Waals surface area contributed by atoms with Crippen molar-refractivity contribution in [3.63, 3.8) is 0 Å². The van der Waals surface area contributed by atoms with Crippen molar-refractivity contribution < 1.29 is 23.1 Å². The van der Waals surface area contributed by atoms with Crippen LogP contribution >= 0.6 is 0 Å². The molecule has 1 aliphatic rings. The van der Waals surface area contributed by atoms with Gasteiger partial charge in [0.05, 0.1) is 0 Å². The number of nitrogens with zero attached hydrogens (tertiary/aromatic N) is 3. The number of hydrogen-bond acceptors (Lipinski definition) is 4. The van der Waals surface area contributed by atoms with E-state index >= 15 is 0 Å². The average molecular weight is 343 g/mol. The van der Waals surface area contributed by atoms with Crippen molar-refractivity contribution in [1.29, 1.82) is 0 Å². The van der Waals surface area contributed by atoms with Crippen LogP contribution in [0.5, 0.6) is 0 Å². The van der Waals surface area contributed by atoms with Crippen LogP contribution in [-0.2, 0) is 21.9 Å². The number of sulfonamides is 1. The Morgan fingerprint density at radius 1 is 1.30 bits per heavy atom. The smallest absolute Gasteiger partial charge is 0.322 e. The molecule has 1 fully saturated rings. The lowest BCUT2D eigenvalue weighted by molar-refractivity contribution is -0.142. The van der Waals surface area contributed by atoms with E-state index < -0.39 is 22.0 Å². The Hall–Kier alpha value is -1.87. The molecular weight excluding hydrogens is 322 g/mol. The molecule has 1 aromatic rings. The zero-order valence-corrected chi connectivity index (χ0v) is 14.2. The molecule has 128 valence electrons. The van der Waals surface area contributed by atoms with Crippen molar-refractivity contribution in [2.24, 2.45) is 7.05 Å². The Balaban J connectivity index is 2.41. The minimum absolute atomic E-state index is 0.0571. The molecule has 8 nitrogen and oxygen atoms in total. The number of hydrogen-bond donors (Lipinski definition) is 1. The zero-order valence-electron chi connectivity index (χ0n) is 13.4. The predicted molar refractivity (Wildman–Crippen MR) is 82.6 cm³/mol. The van der Waals surface area contributed by atoms with Crippen molar-refractivity contribution >= 4 is 21.9 Å². The molecule has 23 heavy (non-hydrogen) atoms. The lowest BCUT2D eigenvalue weighted by Gasteiger charge is -2.31. The van der Waals surface area contributed by atoms with Gasteiger partial charge in [-0.2, -0.15) is 4.31 Å². The summed E-state index contributed by atoms with van der Waals surface area (Å²) in [5.41, 5.74) is 0.234. The van der Waals surface area contributed by atoms with E-state index in [1.54, 1.807) is 21.1 Å². The van der Waals surface area contributed by atoms with E-state index in [9.17, 15) is 23.1 Å². The highest BCUT2D eigenvalue weighted by atomic mass is 32.2. The molecule has 0 aromatic carbocycles. The van der Waals surface area contributed by atoms with E-state index in [1.807, 2.05) is 0 Å². The van der Waals surface area contributed by atoms with E-state index in [-0.39, 0.29) is 23.0 Å². The molecule has 2 rings (SSSR count). The normalized spacial score (nSPS) is 19.5. The number of carboxylic acid groups (broad SMARTS) is 1. The monoisotopic (exact) mass is 343 g/mol. The maximum Gasteiger partial charge on any atom is 0.322 e. The van der Waals surface area contributed by atoms with Gasteiger partial charge in [0.2, 0.25) is 10.0 Å². The molecule has 9 heteroatoms. The summed E-state index contributed by atoms with van der Waals surface area (Å²) < 4.78 is 28.0. The van der Waals surface area contributed by atoms with Gasteiger partial charge in [-0.05, 0) is 25.3 Å². The number of piperidine rings is 1.